The quantitative estimate of drug-likeness (QED) is 0.339. The topological polar surface area (TPSA) is 60.7 Å². The average molecular weight is 409 g/mol. The van der Waals surface area contributed by atoms with E-state index in [0.29, 0.717) is 27.6 Å². The lowest BCUT2D eigenvalue weighted by molar-refractivity contribution is 0.789. The zero-order valence-electron chi connectivity index (χ0n) is 15.8. The molecule has 28 heavy (non-hydrogen) atoms. The number of aryl methyl sites for hydroxylation is 2. The van der Waals surface area contributed by atoms with E-state index in [0.717, 1.165) is 29.1 Å². The Labute approximate surface area is 171 Å². The van der Waals surface area contributed by atoms with Crippen LogP contribution in [0.3, 0.4) is 0 Å². The van der Waals surface area contributed by atoms with Gasteiger partial charge < -0.3 is 0 Å². The zero-order chi connectivity index (χ0) is 19.5. The molecular weight excluding hydrogens is 388 g/mol. The van der Waals surface area contributed by atoms with Crippen molar-refractivity contribution in [1.82, 2.24) is 19.5 Å². The van der Waals surface area contributed by atoms with Crippen molar-refractivity contribution in [3.05, 3.63) is 74.6 Å². The van der Waals surface area contributed by atoms with Gasteiger partial charge in [-0.15, -0.1) is 11.3 Å². The molecule has 0 aliphatic heterocycles. The molecule has 1 aromatic carbocycles. The smallest absolute Gasteiger partial charge is 0.267 e. The van der Waals surface area contributed by atoms with E-state index in [4.69, 9.17) is 4.98 Å². The number of pyridine rings is 1. The monoisotopic (exact) mass is 408 g/mol. The van der Waals surface area contributed by atoms with Gasteiger partial charge in [-0.1, -0.05) is 36.9 Å². The van der Waals surface area contributed by atoms with Crippen LogP contribution in [0.25, 0.3) is 16.7 Å². The molecule has 0 aliphatic rings. The first-order valence-electron chi connectivity index (χ1n) is 9.17. The Kier molecular flexibility index (Phi) is 5.54. The fourth-order valence-electron chi connectivity index (χ4n) is 2.99. The van der Waals surface area contributed by atoms with Crippen molar-refractivity contribution < 1.29 is 0 Å². The molecule has 3 aromatic heterocycles. The van der Waals surface area contributed by atoms with Gasteiger partial charge >= 0.3 is 0 Å². The molecule has 0 radical (unpaired) electrons. The molecule has 142 valence electrons. The Morgan fingerprint density at radius 3 is 2.82 bits per heavy atom. The number of hydrogen-bond donors (Lipinski definition) is 0. The largest absolute Gasteiger partial charge is 0.268 e. The van der Waals surface area contributed by atoms with Crippen molar-refractivity contribution in [2.45, 2.75) is 37.6 Å². The van der Waals surface area contributed by atoms with Crippen LogP contribution < -0.4 is 5.56 Å². The third-order valence-electron chi connectivity index (χ3n) is 4.35. The number of benzene rings is 1. The van der Waals surface area contributed by atoms with Gasteiger partial charge in [-0.3, -0.25) is 4.79 Å². The van der Waals surface area contributed by atoms with Crippen LogP contribution >= 0.6 is 23.1 Å². The standard InChI is InChI=1S/C21H20N4OS2/c1-3-7-18-23-15(12-27-18)13-28-21-24-17-10-5-4-9-16(17)20(26)25(21)19-14(2)8-6-11-22-19/h4-6,8-12H,3,7,13H2,1-2H3. The Hall–Kier alpha value is -2.51. The summed E-state index contributed by atoms with van der Waals surface area (Å²) < 4.78 is 1.63. The summed E-state index contributed by atoms with van der Waals surface area (Å²) in [6.07, 6.45) is 3.79. The molecule has 0 bridgehead atoms. The normalized spacial score (nSPS) is 11.2. The van der Waals surface area contributed by atoms with Crippen molar-refractivity contribution in [3.8, 4) is 5.82 Å². The fourth-order valence-corrected chi connectivity index (χ4v) is 4.88. The highest BCUT2D eigenvalue weighted by Gasteiger charge is 2.16. The number of thioether (sulfide) groups is 1. The second kappa shape index (κ2) is 8.24. The van der Waals surface area contributed by atoms with Gasteiger partial charge in [0.15, 0.2) is 5.16 Å². The predicted molar refractivity (Wildman–Crippen MR) is 116 cm³/mol. The van der Waals surface area contributed by atoms with Gasteiger partial charge in [0.2, 0.25) is 0 Å². The summed E-state index contributed by atoms with van der Waals surface area (Å²) in [5.74, 6) is 1.29. The van der Waals surface area contributed by atoms with Crippen LogP contribution in [0, 0.1) is 6.92 Å². The van der Waals surface area contributed by atoms with E-state index >= 15 is 0 Å². The molecule has 0 spiro atoms. The molecule has 0 unspecified atom stereocenters. The van der Waals surface area contributed by atoms with E-state index in [1.807, 2.05) is 43.3 Å². The molecule has 5 nitrogen and oxygen atoms in total. The maximum atomic E-state index is 13.3. The summed E-state index contributed by atoms with van der Waals surface area (Å²) in [4.78, 5) is 27.2. The molecular formula is C21H20N4OS2. The van der Waals surface area contributed by atoms with Crippen LogP contribution in [-0.4, -0.2) is 19.5 Å². The minimum Gasteiger partial charge on any atom is -0.268 e. The molecule has 0 aliphatic carbocycles. The number of hydrogen-bond acceptors (Lipinski definition) is 6. The van der Waals surface area contributed by atoms with Gasteiger partial charge in [0, 0.05) is 17.3 Å². The van der Waals surface area contributed by atoms with Crippen LogP contribution in [-0.2, 0) is 12.2 Å². The van der Waals surface area contributed by atoms with Gasteiger partial charge in [0.25, 0.3) is 5.56 Å². The summed E-state index contributed by atoms with van der Waals surface area (Å²) in [5.41, 5.74) is 2.55. The Balaban J connectivity index is 1.78. The zero-order valence-corrected chi connectivity index (χ0v) is 17.4. The number of para-hydroxylation sites is 1. The fraction of sp³-hybridized carbons (Fsp3) is 0.238. The molecule has 0 N–H and O–H groups in total. The molecule has 0 amide bonds. The van der Waals surface area contributed by atoms with E-state index in [1.165, 1.54) is 11.8 Å². The van der Waals surface area contributed by atoms with Gasteiger partial charge in [-0.2, -0.15) is 0 Å². The maximum Gasteiger partial charge on any atom is 0.267 e. The lowest BCUT2D eigenvalue weighted by Gasteiger charge is -2.13. The summed E-state index contributed by atoms with van der Waals surface area (Å²) in [6, 6.07) is 11.3. The van der Waals surface area contributed by atoms with Gasteiger partial charge in [0.05, 0.1) is 21.6 Å². The van der Waals surface area contributed by atoms with Crippen molar-refractivity contribution in [3.63, 3.8) is 0 Å². The second-order valence-corrected chi connectivity index (χ2v) is 8.35. The highest BCUT2D eigenvalue weighted by Crippen LogP contribution is 2.26. The first kappa shape index (κ1) is 18.8. The molecule has 0 atom stereocenters. The highest BCUT2D eigenvalue weighted by molar-refractivity contribution is 7.98. The third kappa shape index (κ3) is 3.72. The lowest BCUT2D eigenvalue weighted by atomic mass is 10.2. The minimum atomic E-state index is -0.0974. The average Bonchev–Trinajstić information content (AvgIpc) is 3.15. The van der Waals surface area contributed by atoms with E-state index in [9.17, 15) is 4.79 Å². The number of nitrogens with zero attached hydrogens (tertiary/aromatic N) is 4. The molecule has 4 rings (SSSR count). The van der Waals surface area contributed by atoms with E-state index in [-0.39, 0.29) is 5.56 Å². The van der Waals surface area contributed by atoms with E-state index < -0.39 is 0 Å². The van der Waals surface area contributed by atoms with Crippen molar-refractivity contribution >= 4 is 34.0 Å². The van der Waals surface area contributed by atoms with Crippen LogP contribution in [0.1, 0.15) is 29.6 Å². The number of aromatic nitrogens is 4. The lowest BCUT2D eigenvalue weighted by Crippen LogP contribution is -2.23. The van der Waals surface area contributed by atoms with Crippen LogP contribution in [0.2, 0.25) is 0 Å². The number of thiazole rings is 1. The molecule has 0 saturated heterocycles. The number of rotatable bonds is 6. The first-order valence-corrected chi connectivity index (χ1v) is 11.0. The van der Waals surface area contributed by atoms with Crippen LogP contribution in [0.15, 0.2) is 57.9 Å². The summed E-state index contributed by atoms with van der Waals surface area (Å²) in [7, 11) is 0. The molecule has 0 fully saturated rings. The molecule has 3 heterocycles. The Morgan fingerprint density at radius 1 is 1.14 bits per heavy atom. The highest BCUT2D eigenvalue weighted by atomic mass is 32.2. The van der Waals surface area contributed by atoms with E-state index in [1.54, 1.807) is 22.1 Å². The third-order valence-corrected chi connectivity index (χ3v) is 6.28. The van der Waals surface area contributed by atoms with E-state index in [2.05, 4.69) is 22.3 Å². The van der Waals surface area contributed by atoms with Crippen molar-refractivity contribution in [2.75, 3.05) is 0 Å². The van der Waals surface area contributed by atoms with Crippen molar-refractivity contribution in [1.29, 1.82) is 0 Å². The predicted octanol–water partition coefficient (Wildman–Crippen LogP) is 4.79. The SMILES string of the molecule is CCCc1nc(CSc2nc3ccccc3c(=O)n2-c2ncccc2C)cs1. The molecule has 0 saturated carbocycles. The number of fused-ring (bicyclic) bond motifs is 1. The first-order chi connectivity index (χ1) is 13.7. The summed E-state index contributed by atoms with van der Waals surface area (Å²) in [6.45, 7) is 4.11. The minimum absolute atomic E-state index is 0.0974. The summed E-state index contributed by atoms with van der Waals surface area (Å²) >= 11 is 3.21. The van der Waals surface area contributed by atoms with Crippen molar-refractivity contribution in [2.24, 2.45) is 0 Å². The van der Waals surface area contributed by atoms with Gasteiger partial charge in [-0.25, -0.2) is 19.5 Å². The maximum absolute atomic E-state index is 13.3. The van der Waals surface area contributed by atoms with Crippen LogP contribution in [0.5, 0.6) is 0 Å². The van der Waals surface area contributed by atoms with Gasteiger partial charge in [-0.05, 0) is 43.5 Å². The molecule has 4 aromatic rings. The van der Waals surface area contributed by atoms with Crippen LogP contribution in [0.4, 0.5) is 0 Å². The molecule has 7 heteroatoms. The Morgan fingerprint density at radius 2 is 2.00 bits per heavy atom. The van der Waals surface area contributed by atoms with Gasteiger partial charge in [0.1, 0.15) is 5.82 Å². The second-order valence-electron chi connectivity index (χ2n) is 6.47. The summed E-state index contributed by atoms with van der Waals surface area (Å²) in [5, 5.41) is 4.47. The Bertz CT molecular complexity index is 1180.